The lowest BCUT2D eigenvalue weighted by Crippen LogP contribution is -2.47. The maximum absolute atomic E-state index is 12.4. The molecule has 1 aromatic heterocycles. The van der Waals surface area contributed by atoms with Gasteiger partial charge in [0.15, 0.2) is 23.4 Å². The van der Waals surface area contributed by atoms with Gasteiger partial charge in [-0.1, -0.05) is 12.1 Å². The summed E-state index contributed by atoms with van der Waals surface area (Å²) in [5.41, 5.74) is 0. The SMILES string of the molecule is CCN(C[C@@H]1COc2ccccc2O1)C(=O)NCc1nncn1CC. The molecular formula is C17H23N5O3. The Bertz CT molecular complexity index is 718. The molecule has 1 N–H and O–H groups in total. The Morgan fingerprint density at radius 3 is 2.92 bits per heavy atom. The number of rotatable bonds is 6. The largest absolute Gasteiger partial charge is 0.486 e. The van der Waals surface area contributed by atoms with Gasteiger partial charge in [0.05, 0.1) is 13.1 Å². The number of urea groups is 1. The van der Waals surface area contributed by atoms with Crippen molar-refractivity contribution in [3.05, 3.63) is 36.4 Å². The van der Waals surface area contributed by atoms with Crippen molar-refractivity contribution < 1.29 is 14.3 Å². The molecule has 1 atom stereocenters. The molecule has 1 aliphatic rings. The van der Waals surface area contributed by atoms with Gasteiger partial charge in [-0.05, 0) is 26.0 Å². The van der Waals surface area contributed by atoms with E-state index < -0.39 is 0 Å². The highest BCUT2D eigenvalue weighted by molar-refractivity contribution is 5.74. The highest BCUT2D eigenvalue weighted by atomic mass is 16.6. The third-order valence-electron chi connectivity index (χ3n) is 4.09. The summed E-state index contributed by atoms with van der Waals surface area (Å²) < 4.78 is 13.5. The van der Waals surface area contributed by atoms with Crippen LogP contribution in [0.3, 0.4) is 0 Å². The number of amides is 2. The van der Waals surface area contributed by atoms with Crippen LogP contribution in [0.2, 0.25) is 0 Å². The molecule has 0 aliphatic carbocycles. The van der Waals surface area contributed by atoms with E-state index in [4.69, 9.17) is 9.47 Å². The minimum atomic E-state index is -0.195. The summed E-state index contributed by atoms with van der Waals surface area (Å²) in [4.78, 5) is 14.2. The third kappa shape index (κ3) is 4.01. The molecular weight excluding hydrogens is 322 g/mol. The van der Waals surface area contributed by atoms with E-state index in [0.29, 0.717) is 32.0 Å². The van der Waals surface area contributed by atoms with Crippen molar-refractivity contribution in [3.63, 3.8) is 0 Å². The third-order valence-corrected chi connectivity index (χ3v) is 4.09. The lowest BCUT2D eigenvalue weighted by molar-refractivity contribution is 0.0675. The monoisotopic (exact) mass is 345 g/mol. The zero-order chi connectivity index (χ0) is 17.6. The van der Waals surface area contributed by atoms with Crippen LogP contribution in [0.4, 0.5) is 4.79 Å². The van der Waals surface area contributed by atoms with Gasteiger partial charge in [-0.15, -0.1) is 10.2 Å². The second-order valence-electron chi connectivity index (χ2n) is 5.73. The Hall–Kier alpha value is -2.77. The number of hydrogen-bond acceptors (Lipinski definition) is 5. The molecule has 0 radical (unpaired) electrons. The van der Waals surface area contributed by atoms with E-state index in [9.17, 15) is 4.79 Å². The predicted molar refractivity (Wildman–Crippen MR) is 91.5 cm³/mol. The molecule has 0 bridgehead atoms. The minimum absolute atomic E-state index is 0.157. The molecule has 0 saturated heterocycles. The summed E-state index contributed by atoms with van der Waals surface area (Å²) in [6.07, 6.45) is 1.46. The van der Waals surface area contributed by atoms with Crippen LogP contribution in [0.5, 0.6) is 11.5 Å². The molecule has 8 nitrogen and oxygen atoms in total. The fourth-order valence-electron chi connectivity index (χ4n) is 2.70. The second-order valence-corrected chi connectivity index (χ2v) is 5.73. The Morgan fingerprint density at radius 1 is 1.36 bits per heavy atom. The van der Waals surface area contributed by atoms with Gasteiger partial charge in [0.2, 0.25) is 0 Å². The summed E-state index contributed by atoms with van der Waals surface area (Å²) in [5.74, 6) is 2.19. The molecule has 0 fully saturated rings. The fraction of sp³-hybridized carbons (Fsp3) is 0.471. The first-order valence-corrected chi connectivity index (χ1v) is 8.49. The summed E-state index contributed by atoms with van der Waals surface area (Å²) in [6.45, 7) is 6.50. The number of nitrogens with one attached hydrogen (secondary N) is 1. The summed E-state index contributed by atoms with van der Waals surface area (Å²) in [5, 5.41) is 10.8. The number of hydrogen-bond donors (Lipinski definition) is 1. The number of aryl methyl sites for hydroxylation is 1. The highest BCUT2D eigenvalue weighted by Crippen LogP contribution is 2.30. The van der Waals surface area contributed by atoms with Crippen molar-refractivity contribution in [3.8, 4) is 11.5 Å². The van der Waals surface area contributed by atoms with E-state index in [-0.39, 0.29) is 12.1 Å². The zero-order valence-electron chi connectivity index (χ0n) is 14.5. The average Bonchev–Trinajstić information content (AvgIpc) is 3.11. The smallest absolute Gasteiger partial charge is 0.317 e. The molecule has 0 spiro atoms. The highest BCUT2D eigenvalue weighted by Gasteiger charge is 2.24. The van der Waals surface area contributed by atoms with Gasteiger partial charge < -0.3 is 24.3 Å². The van der Waals surface area contributed by atoms with Crippen molar-refractivity contribution >= 4 is 6.03 Å². The molecule has 0 unspecified atom stereocenters. The number of para-hydroxylation sites is 2. The van der Waals surface area contributed by atoms with Crippen LogP contribution < -0.4 is 14.8 Å². The van der Waals surface area contributed by atoms with Crippen LogP contribution in [0.25, 0.3) is 0 Å². The van der Waals surface area contributed by atoms with Crippen molar-refractivity contribution in [2.75, 3.05) is 19.7 Å². The Kier molecular flexibility index (Phi) is 5.37. The van der Waals surface area contributed by atoms with Crippen LogP contribution >= 0.6 is 0 Å². The number of nitrogens with zero attached hydrogens (tertiary/aromatic N) is 4. The molecule has 0 saturated carbocycles. The molecule has 2 aromatic rings. The summed E-state index contributed by atoms with van der Waals surface area (Å²) in [7, 11) is 0. The van der Waals surface area contributed by atoms with Crippen LogP contribution in [-0.2, 0) is 13.1 Å². The minimum Gasteiger partial charge on any atom is -0.486 e. The van der Waals surface area contributed by atoms with Crippen molar-refractivity contribution in [1.82, 2.24) is 25.0 Å². The van der Waals surface area contributed by atoms with Gasteiger partial charge in [-0.3, -0.25) is 0 Å². The van der Waals surface area contributed by atoms with Crippen LogP contribution in [0, 0.1) is 0 Å². The Morgan fingerprint density at radius 2 is 2.16 bits per heavy atom. The van der Waals surface area contributed by atoms with E-state index in [1.54, 1.807) is 11.2 Å². The molecule has 3 rings (SSSR count). The van der Waals surface area contributed by atoms with Crippen LogP contribution in [0.1, 0.15) is 19.7 Å². The first kappa shape index (κ1) is 17.1. The van der Waals surface area contributed by atoms with Gasteiger partial charge in [0.1, 0.15) is 12.9 Å². The molecule has 25 heavy (non-hydrogen) atoms. The first-order chi connectivity index (χ1) is 12.2. The molecule has 2 amide bonds. The number of carbonyl (C=O) groups excluding carboxylic acids is 1. The van der Waals surface area contributed by atoms with E-state index in [0.717, 1.165) is 18.1 Å². The van der Waals surface area contributed by atoms with Gasteiger partial charge >= 0.3 is 6.03 Å². The first-order valence-electron chi connectivity index (χ1n) is 8.49. The number of benzene rings is 1. The molecule has 134 valence electrons. The summed E-state index contributed by atoms with van der Waals surface area (Å²) in [6, 6.07) is 7.40. The molecule has 1 aromatic carbocycles. The molecule has 2 heterocycles. The van der Waals surface area contributed by atoms with Crippen molar-refractivity contribution in [2.24, 2.45) is 0 Å². The van der Waals surface area contributed by atoms with Gasteiger partial charge in [0.25, 0.3) is 0 Å². The Labute approximate surface area is 146 Å². The lowest BCUT2D eigenvalue weighted by Gasteiger charge is -2.30. The van der Waals surface area contributed by atoms with Crippen LogP contribution in [0.15, 0.2) is 30.6 Å². The number of fused-ring (bicyclic) bond motifs is 1. The quantitative estimate of drug-likeness (QED) is 0.861. The molecule has 8 heteroatoms. The number of carbonyl (C=O) groups is 1. The summed E-state index contributed by atoms with van der Waals surface area (Å²) >= 11 is 0. The zero-order valence-corrected chi connectivity index (χ0v) is 14.5. The van der Waals surface area contributed by atoms with E-state index >= 15 is 0 Å². The fourth-order valence-corrected chi connectivity index (χ4v) is 2.70. The normalized spacial score (nSPS) is 15.7. The number of ether oxygens (including phenoxy) is 2. The second kappa shape index (κ2) is 7.87. The molecule has 1 aliphatic heterocycles. The van der Waals surface area contributed by atoms with Gasteiger partial charge in [-0.2, -0.15) is 0 Å². The Balaban J connectivity index is 1.54. The number of likely N-dealkylation sites (N-methyl/N-ethyl adjacent to an activating group) is 1. The maximum Gasteiger partial charge on any atom is 0.317 e. The van der Waals surface area contributed by atoms with Gasteiger partial charge in [-0.25, -0.2) is 4.79 Å². The predicted octanol–water partition coefficient (Wildman–Crippen LogP) is 1.67. The van der Waals surface area contributed by atoms with Crippen LogP contribution in [-0.4, -0.2) is 51.5 Å². The van der Waals surface area contributed by atoms with Crippen molar-refractivity contribution in [2.45, 2.75) is 33.0 Å². The number of aromatic nitrogens is 3. The van der Waals surface area contributed by atoms with Gasteiger partial charge in [0, 0.05) is 13.1 Å². The topological polar surface area (TPSA) is 81.5 Å². The maximum atomic E-state index is 12.4. The average molecular weight is 345 g/mol. The van der Waals surface area contributed by atoms with E-state index in [1.807, 2.05) is 42.7 Å². The lowest BCUT2D eigenvalue weighted by atomic mass is 10.2. The van der Waals surface area contributed by atoms with Crippen molar-refractivity contribution in [1.29, 1.82) is 0 Å². The standard InChI is InChI=1S/C17H23N5O3/c1-3-21(17(23)18-9-16-20-19-12-22(16)4-2)10-13-11-24-14-7-5-6-8-15(14)25-13/h5-8,12-13H,3-4,9-11H2,1-2H3,(H,18,23)/t13-/m1/s1. The van der Waals surface area contributed by atoms with E-state index in [2.05, 4.69) is 15.5 Å². The van der Waals surface area contributed by atoms with E-state index in [1.165, 1.54) is 0 Å².